The minimum absolute atomic E-state index is 0.0128. The van der Waals surface area contributed by atoms with E-state index in [4.69, 9.17) is 13.7 Å². The number of carboxylic acid groups (broad SMARTS) is 1. The van der Waals surface area contributed by atoms with Gasteiger partial charge in [0.2, 0.25) is 0 Å². The Bertz CT molecular complexity index is 2090. The van der Waals surface area contributed by atoms with E-state index in [0.29, 0.717) is 42.0 Å². The van der Waals surface area contributed by atoms with Gasteiger partial charge >= 0.3 is 12.0 Å². The van der Waals surface area contributed by atoms with E-state index in [0.717, 1.165) is 24.3 Å². The average Bonchev–Trinajstić information content (AvgIpc) is 3.94. The SMILES string of the molecule is C=C(C)CCNc1ncnc2c1ncn2[C@@H]1O[C@H](COSC[C@](NC(=O)Nc2nc(SC)nc3c2ncn3[C@@H]2O[C@H](CO)[C@@H](O)[C@H]2O)(C(=O)O)[C@@H](C)O)[C@@H](O)[C@H]1O. The molecule has 2 saturated heterocycles. The van der Waals surface area contributed by atoms with E-state index < -0.39 is 85.1 Å². The van der Waals surface area contributed by atoms with Crippen LogP contribution in [0.15, 0.2) is 36.3 Å². The molecule has 6 heterocycles. The first-order valence-electron chi connectivity index (χ1n) is 17.4. The van der Waals surface area contributed by atoms with Crippen molar-refractivity contribution < 1.29 is 59.0 Å². The molecule has 0 radical (unpaired) electrons. The molecule has 2 aliphatic rings. The quantitative estimate of drug-likeness (QED) is 0.0200. The molecule has 2 fully saturated rings. The molecule has 4 aromatic rings. The summed E-state index contributed by atoms with van der Waals surface area (Å²) in [6, 6.07) is -1.10. The number of aliphatic hydroxyl groups is 6. The summed E-state index contributed by atoms with van der Waals surface area (Å²) < 4.78 is 19.9. The molecule has 0 spiro atoms. The number of carbonyl (C=O) groups excluding carboxylic acids is 1. The van der Waals surface area contributed by atoms with Gasteiger partial charge in [-0.1, -0.05) is 17.3 Å². The van der Waals surface area contributed by atoms with E-state index in [1.165, 1.54) is 28.1 Å². The number of nitrogens with one attached hydrogen (secondary N) is 3. The van der Waals surface area contributed by atoms with Gasteiger partial charge < -0.3 is 60.0 Å². The van der Waals surface area contributed by atoms with Crippen molar-refractivity contribution in [2.75, 3.05) is 42.4 Å². The van der Waals surface area contributed by atoms with Crippen LogP contribution in [0.4, 0.5) is 16.4 Å². The normalized spacial score (nSPS) is 26.4. The second kappa shape index (κ2) is 17.7. The molecule has 0 unspecified atom stereocenters. The number of imidazole rings is 2. The second-order valence-corrected chi connectivity index (χ2v) is 15.0. The van der Waals surface area contributed by atoms with Gasteiger partial charge in [0.15, 0.2) is 57.1 Å². The van der Waals surface area contributed by atoms with Crippen molar-refractivity contribution in [1.29, 1.82) is 0 Å². The Kier molecular flexibility index (Phi) is 13.1. The molecule has 2 aliphatic heterocycles. The minimum Gasteiger partial charge on any atom is -0.479 e. The number of ether oxygens (including phenoxy) is 2. The Hall–Kier alpha value is -4.28. The molecule has 0 aliphatic carbocycles. The third-order valence-corrected chi connectivity index (χ3v) is 10.9. The summed E-state index contributed by atoms with van der Waals surface area (Å²) in [7, 11) is 0. The van der Waals surface area contributed by atoms with E-state index in [9.17, 15) is 45.3 Å². The molecule has 0 aromatic carbocycles. The van der Waals surface area contributed by atoms with Crippen LogP contribution in [-0.2, 0) is 18.5 Å². The van der Waals surface area contributed by atoms with Gasteiger partial charge in [-0.15, -0.1) is 6.58 Å². The Morgan fingerprint density at radius 2 is 1.60 bits per heavy atom. The monoisotopic (exact) mass is 837 g/mol. The highest BCUT2D eigenvalue weighted by Gasteiger charge is 2.48. The lowest BCUT2D eigenvalue weighted by Gasteiger charge is -2.32. The van der Waals surface area contributed by atoms with Crippen molar-refractivity contribution >= 4 is 69.8 Å². The average molecular weight is 838 g/mol. The smallest absolute Gasteiger partial charge is 0.333 e. The Morgan fingerprint density at radius 1 is 0.965 bits per heavy atom. The van der Waals surface area contributed by atoms with Crippen LogP contribution in [0.1, 0.15) is 32.7 Å². The zero-order valence-corrected chi connectivity index (χ0v) is 32.4. The number of carbonyl (C=O) groups is 2. The Balaban J connectivity index is 1.11. The zero-order chi connectivity index (χ0) is 41.2. The third-order valence-electron chi connectivity index (χ3n) is 9.45. The lowest BCUT2D eigenvalue weighted by atomic mass is 9.96. The molecule has 4 aromatic heterocycles. The number of thioether (sulfide) groups is 1. The van der Waals surface area contributed by atoms with E-state index in [2.05, 4.69) is 52.4 Å². The molecule has 6 rings (SSSR count). The highest BCUT2D eigenvalue weighted by atomic mass is 32.2. The summed E-state index contributed by atoms with van der Waals surface area (Å²) in [4.78, 5) is 51.8. The van der Waals surface area contributed by atoms with Crippen molar-refractivity contribution in [3.63, 3.8) is 0 Å². The van der Waals surface area contributed by atoms with Crippen LogP contribution < -0.4 is 16.0 Å². The van der Waals surface area contributed by atoms with Gasteiger partial charge in [0.05, 0.1) is 37.7 Å². The van der Waals surface area contributed by atoms with E-state index >= 15 is 0 Å². The molecule has 0 saturated carbocycles. The molecule has 310 valence electrons. The molecule has 2 amide bonds. The van der Waals surface area contributed by atoms with Gasteiger partial charge in [-0.05, 0) is 38.6 Å². The number of aliphatic hydroxyl groups excluding tert-OH is 6. The predicted molar refractivity (Wildman–Crippen MR) is 202 cm³/mol. The van der Waals surface area contributed by atoms with Gasteiger partial charge in [-0.25, -0.2) is 39.5 Å². The number of nitrogens with zero attached hydrogens (tertiary/aromatic N) is 8. The van der Waals surface area contributed by atoms with E-state index in [1.54, 1.807) is 6.26 Å². The van der Waals surface area contributed by atoms with Gasteiger partial charge in [-0.2, -0.15) is 0 Å². The van der Waals surface area contributed by atoms with Crippen molar-refractivity contribution in [1.82, 2.24) is 44.4 Å². The van der Waals surface area contributed by atoms with Crippen molar-refractivity contribution in [3.05, 3.63) is 31.1 Å². The number of amides is 2. The number of anilines is 2. The first-order valence-corrected chi connectivity index (χ1v) is 19.6. The zero-order valence-electron chi connectivity index (χ0n) is 30.7. The molecule has 10 N–H and O–H groups in total. The van der Waals surface area contributed by atoms with Crippen LogP contribution in [0.5, 0.6) is 0 Å². The fraction of sp³-hybridized carbons (Fsp3) is 0.562. The standard InChI is InChI=1S/C32H43N11O12S2/c1-13(2)5-6-33-23-17-25(35-10-34-23)42(11-36-17)27-22(49)20(47)16(55-27)8-53-57-9-32(14(3)45,29(50)51)41-30(52)38-24-18-26(40-31(39-24)56-4)43(12-37-18)28-21(48)19(46)15(7-44)54-28/h10-12,14-16,19-22,27-28,44-49H,1,5-9H2,2-4H3,(H,50,51)(H,33,34,35)(H2,38,39,40,41,52)/t14-,15-,16-,19-,20-,21-,22-,27-,28-,32-/m1/s1. The molecular weight excluding hydrogens is 795 g/mol. The number of fused-ring (bicyclic) bond motifs is 2. The molecule has 57 heavy (non-hydrogen) atoms. The third kappa shape index (κ3) is 8.49. The number of aromatic nitrogens is 8. The summed E-state index contributed by atoms with van der Waals surface area (Å²) in [6.07, 6.45) is -5.55. The number of aliphatic carboxylic acids is 1. The van der Waals surface area contributed by atoms with Gasteiger partial charge in [-0.3, -0.25) is 14.5 Å². The molecule has 23 nitrogen and oxygen atoms in total. The van der Waals surface area contributed by atoms with Gasteiger partial charge in [0.25, 0.3) is 0 Å². The lowest BCUT2D eigenvalue weighted by molar-refractivity contribution is -0.147. The first-order chi connectivity index (χ1) is 27.2. The lowest BCUT2D eigenvalue weighted by Crippen LogP contribution is -2.64. The van der Waals surface area contributed by atoms with Crippen molar-refractivity contribution in [3.8, 4) is 0 Å². The number of carboxylic acids is 1. The molecule has 0 bridgehead atoms. The van der Waals surface area contributed by atoms with Crippen LogP contribution in [0, 0.1) is 0 Å². The number of urea groups is 1. The predicted octanol–water partition coefficient (Wildman–Crippen LogP) is -1.01. The fourth-order valence-corrected chi connectivity index (χ4v) is 7.47. The minimum atomic E-state index is -2.33. The van der Waals surface area contributed by atoms with Crippen molar-refractivity contribution in [2.45, 2.75) is 86.1 Å². The number of rotatable bonds is 17. The van der Waals surface area contributed by atoms with E-state index in [1.807, 2.05) is 6.92 Å². The highest BCUT2D eigenvalue weighted by Crippen LogP contribution is 2.35. The largest absolute Gasteiger partial charge is 0.479 e. The fourth-order valence-electron chi connectivity index (χ4n) is 6.18. The van der Waals surface area contributed by atoms with Crippen LogP contribution in [-0.4, -0.2) is 167 Å². The summed E-state index contributed by atoms with van der Waals surface area (Å²) >= 11 is 1.66. The maximum absolute atomic E-state index is 13.4. The summed E-state index contributed by atoms with van der Waals surface area (Å²) in [5.41, 5.74) is -0.502. The van der Waals surface area contributed by atoms with Crippen LogP contribution >= 0.6 is 23.8 Å². The topological polar surface area (TPSA) is 327 Å². The van der Waals surface area contributed by atoms with Crippen molar-refractivity contribution in [2.24, 2.45) is 0 Å². The Morgan fingerprint density at radius 3 is 2.19 bits per heavy atom. The Labute approximate surface area is 332 Å². The van der Waals surface area contributed by atoms with E-state index in [-0.39, 0.29) is 28.7 Å². The summed E-state index contributed by atoms with van der Waals surface area (Å²) in [5, 5.41) is 81.1. The number of hydrogen-bond donors (Lipinski definition) is 10. The molecule has 10 atom stereocenters. The highest BCUT2D eigenvalue weighted by molar-refractivity contribution is 7.98. The van der Waals surface area contributed by atoms with Crippen LogP contribution in [0.25, 0.3) is 22.3 Å². The molecular formula is C32H43N11O12S2. The number of hydrogen-bond acceptors (Lipinski definition) is 20. The van der Waals surface area contributed by atoms with Crippen LogP contribution in [0.3, 0.4) is 0 Å². The van der Waals surface area contributed by atoms with Gasteiger partial charge in [0.1, 0.15) is 43.0 Å². The summed E-state index contributed by atoms with van der Waals surface area (Å²) in [5.74, 6) is -1.84. The molecule has 25 heteroatoms. The summed E-state index contributed by atoms with van der Waals surface area (Å²) in [6.45, 7) is 6.61. The van der Waals surface area contributed by atoms with Gasteiger partial charge in [0, 0.05) is 6.54 Å². The van der Waals surface area contributed by atoms with Crippen LogP contribution in [0.2, 0.25) is 0 Å². The maximum atomic E-state index is 13.4. The second-order valence-electron chi connectivity index (χ2n) is 13.4. The first kappa shape index (κ1) is 42.3. The maximum Gasteiger partial charge on any atom is 0.333 e.